The summed E-state index contributed by atoms with van der Waals surface area (Å²) in [6.45, 7) is 22.7. The first-order valence-electron chi connectivity index (χ1n) is 11.6. The lowest BCUT2D eigenvalue weighted by Gasteiger charge is -2.35. The second kappa shape index (κ2) is 11.9. The van der Waals surface area contributed by atoms with E-state index in [1.165, 1.54) is 18.3 Å². The predicted molar refractivity (Wildman–Crippen MR) is 136 cm³/mol. The van der Waals surface area contributed by atoms with Crippen LogP contribution >= 0.6 is 11.3 Å². The van der Waals surface area contributed by atoms with Crippen molar-refractivity contribution in [2.24, 2.45) is 5.92 Å². The molecule has 0 unspecified atom stereocenters. The molecule has 0 radical (unpaired) electrons. The highest BCUT2D eigenvalue weighted by Gasteiger charge is 2.37. The first-order valence-corrected chi connectivity index (χ1v) is 15.4. The zero-order chi connectivity index (χ0) is 25.6. The lowest BCUT2D eigenvalue weighted by atomic mass is 9.98. The molecule has 0 bridgehead atoms. The maximum Gasteiger partial charge on any atom is 0.320 e. The van der Waals surface area contributed by atoms with Gasteiger partial charge in [0.1, 0.15) is 10.6 Å². The molecule has 7 nitrogen and oxygen atoms in total. The molecule has 0 aliphatic carbocycles. The van der Waals surface area contributed by atoms with E-state index in [0.29, 0.717) is 13.0 Å². The van der Waals surface area contributed by atoms with E-state index in [9.17, 15) is 9.59 Å². The Morgan fingerprint density at radius 1 is 1.15 bits per heavy atom. The van der Waals surface area contributed by atoms with Crippen molar-refractivity contribution in [1.29, 1.82) is 0 Å². The number of ether oxygens (including phenoxy) is 2. The fourth-order valence-electron chi connectivity index (χ4n) is 2.82. The number of hydrogen-bond acceptors (Lipinski definition) is 8. The Hall–Kier alpha value is -1.29. The number of rotatable bonds is 11. The summed E-state index contributed by atoms with van der Waals surface area (Å²) in [6.07, 6.45) is 0.0171. The summed E-state index contributed by atoms with van der Waals surface area (Å²) in [7, 11) is -1.89. The summed E-state index contributed by atoms with van der Waals surface area (Å²) in [6, 6.07) is -0.0577. The molecule has 1 heterocycles. The Balaban J connectivity index is 2.90. The molecular formula is C24H44N2O5SSi. The molecule has 0 aliphatic rings. The maximum absolute atomic E-state index is 12.2. The summed E-state index contributed by atoms with van der Waals surface area (Å²) in [5, 5.41) is 6.11. The number of nitrogens with one attached hydrogen (secondary N) is 1. The highest BCUT2D eigenvalue weighted by Crippen LogP contribution is 2.37. The standard InChI is InChI=1S/C24H44N2O5SSi/c1-16(2)19(25-13-21(28)31-23(4,5)6)12-20(30-17(3)27)22-26-18(15-32-22)14-29-33(10,11)24(7,8)9/h15-16,19-20,25H,12-14H2,1-11H3/t19-,20-/m1/s1. The highest BCUT2D eigenvalue weighted by atomic mass is 32.1. The molecule has 0 fully saturated rings. The van der Waals surface area contributed by atoms with E-state index < -0.39 is 20.0 Å². The Morgan fingerprint density at radius 3 is 2.24 bits per heavy atom. The van der Waals surface area contributed by atoms with Gasteiger partial charge in [-0.25, -0.2) is 4.98 Å². The van der Waals surface area contributed by atoms with Crippen molar-refractivity contribution < 1.29 is 23.5 Å². The molecule has 190 valence electrons. The van der Waals surface area contributed by atoms with E-state index in [-0.39, 0.29) is 35.5 Å². The zero-order valence-electron chi connectivity index (χ0n) is 22.3. The molecule has 9 heteroatoms. The van der Waals surface area contributed by atoms with E-state index >= 15 is 0 Å². The lowest BCUT2D eigenvalue weighted by Crippen LogP contribution is -2.41. The van der Waals surface area contributed by atoms with Gasteiger partial charge in [0.25, 0.3) is 0 Å². The fourth-order valence-corrected chi connectivity index (χ4v) is 4.61. The molecule has 0 saturated heterocycles. The monoisotopic (exact) mass is 500 g/mol. The van der Waals surface area contributed by atoms with Gasteiger partial charge in [0, 0.05) is 24.8 Å². The van der Waals surface area contributed by atoms with Gasteiger partial charge in [0.05, 0.1) is 18.8 Å². The second-order valence-electron chi connectivity index (χ2n) is 11.4. The van der Waals surface area contributed by atoms with Crippen molar-refractivity contribution in [3.05, 3.63) is 16.1 Å². The number of carbonyl (C=O) groups excluding carboxylic acids is 2. The minimum Gasteiger partial charge on any atom is -0.459 e. The first kappa shape index (κ1) is 29.7. The number of thiazole rings is 1. The summed E-state index contributed by atoms with van der Waals surface area (Å²) in [5.74, 6) is -0.452. The zero-order valence-corrected chi connectivity index (χ0v) is 24.1. The van der Waals surface area contributed by atoms with Gasteiger partial charge in [-0.2, -0.15) is 0 Å². The summed E-state index contributed by atoms with van der Waals surface area (Å²) < 4.78 is 17.3. The molecule has 1 rings (SSSR count). The molecule has 0 aliphatic heterocycles. The normalized spacial score (nSPS) is 14.8. The van der Waals surface area contributed by atoms with Crippen molar-refractivity contribution in [3.8, 4) is 0 Å². The van der Waals surface area contributed by atoms with Gasteiger partial charge < -0.3 is 19.2 Å². The topological polar surface area (TPSA) is 86.8 Å². The van der Waals surface area contributed by atoms with Crippen LogP contribution in [0.1, 0.15) is 85.5 Å². The van der Waals surface area contributed by atoms with E-state index in [1.54, 1.807) is 0 Å². The van der Waals surface area contributed by atoms with Crippen LogP contribution in [0.2, 0.25) is 18.1 Å². The number of nitrogens with zero attached hydrogens (tertiary/aromatic N) is 1. The molecular weight excluding hydrogens is 456 g/mol. The molecule has 0 spiro atoms. The molecule has 1 N–H and O–H groups in total. The highest BCUT2D eigenvalue weighted by molar-refractivity contribution is 7.09. The lowest BCUT2D eigenvalue weighted by molar-refractivity contribution is -0.154. The SMILES string of the molecule is CC(=O)O[C@H](C[C@@H](NCC(=O)OC(C)(C)C)C(C)C)c1nc(CO[Si](C)(C)C(C)(C)C)cs1. The van der Waals surface area contributed by atoms with Gasteiger partial charge >= 0.3 is 11.9 Å². The number of aromatic nitrogens is 1. The van der Waals surface area contributed by atoms with Crippen LogP contribution in [-0.4, -0.2) is 43.4 Å². The van der Waals surface area contributed by atoms with Crippen LogP contribution in [-0.2, 0) is 30.1 Å². The maximum atomic E-state index is 12.2. The molecule has 1 aromatic rings. The molecule has 33 heavy (non-hydrogen) atoms. The minimum atomic E-state index is -1.89. The van der Waals surface area contributed by atoms with Crippen LogP contribution in [0.5, 0.6) is 0 Å². The van der Waals surface area contributed by atoms with E-state index in [2.05, 4.69) is 53.0 Å². The van der Waals surface area contributed by atoms with Crippen LogP contribution < -0.4 is 5.32 Å². The third-order valence-corrected chi connectivity index (χ3v) is 11.2. The van der Waals surface area contributed by atoms with Crippen molar-refractivity contribution in [3.63, 3.8) is 0 Å². The average Bonchev–Trinajstić information content (AvgIpc) is 3.08. The van der Waals surface area contributed by atoms with E-state index in [1.807, 2.05) is 26.2 Å². The van der Waals surface area contributed by atoms with Crippen LogP contribution in [0.15, 0.2) is 5.38 Å². The van der Waals surface area contributed by atoms with Gasteiger partial charge in [0.2, 0.25) is 0 Å². The second-order valence-corrected chi connectivity index (χ2v) is 17.1. The average molecular weight is 501 g/mol. The van der Waals surface area contributed by atoms with E-state index in [4.69, 9.17) is 18.9 Å². The third kappa shape index (κ3) is 10.7. The van der Waals surface area contributed by atoms with Crippen molar-refractivity contribution in [2.75, 3.05) is 6.54 Å². The largest absolute Gasteiger partial charge is 0.459 e. The van der Waals surface area contributed by atoms with Gasteiger partial charge in [-0.05, 0) is 44.8 Å². The van der Waals surface area contributed by atoms with Crippen LogP contribution in [0.4, 0.5) is 0 Å². The predicted octanol–water partition coefficient (Wildman–Crippen LogP) is 5.62. The van der Waals surface area contributed by atoms with Gasteiger partial charge in [-0.3, -0.25) is 9.59 Å². The Bertz CT molecular complexity index is 781. The number of esters is 2. The Labute approximate surface area is 205 Å². The summed E-state index contributed by atoms with van der Waals surface area (Å²) in [5.41, 5.74) is 0.315. The van der Waals surface area contributed by atoms with Gasteiger partial charge in [-0.15, -0.1) is 11.3 Å². The summed E-state index contributed by atoms with van der Waals surface area (Å²) in [4.78, 5) is 28.7. The van der Waals surface area contributed by atoms with Gasteiger partial charge in [-0.1, -0.05) is 34.6 Å². The Morgan fingerprint density at radius 2 is 1.76 bits per heavy atom. The molecule has 1 aromatic heterocycles. The van der Waals surface area contributed by atoms with Crippen molar-refractivity contribution in [2.45, 2.75) is 111 Å². The number of hydrogen-bond donors (Lipinski definition) is 1. The fraction of sp³-hybridized carbons (Fsp3) is 0.792. The van der Waals surface area contributed by atoms with Crippen LogP contribution in [0.25, 0.3) is 0 Å². The summed E-state index contributed by atoms with van der Waals surface area (Å²) >= 11 is 1.47. The Kier molecular flexibility index (Phi) is 10.7. The van der Waals surface area contributed by atoms with E-state index in [0.717, 1.165) is 10.7 Å². The molecule has 2 atom stereocenters. The molecule has 0 amide bonds. The van der Waals surface area contributed by atoms with Crippen molar-refractivity contribution in [1.82, 2.24) is 10.3 Å². The van der Waals surface area contributed by atoms with Crippen LogP contribution in [0, 0.1) is 5.92 Å². The quantitative estimate of drug-likeness (QED) is 0.312. The smallest absolute Gasteiger partial charge is 0.320 e. The third-order valence-electron chi connectivity index (χ3n) is 5.74. The van der Waals surface area contributed by atoms with Crippen LogP contribution in [0.3, 0.4) is 0 Å². The van der Waals surface area contributed by atoms with Crippen molar-refractivity contribution >= 4 is 31.6 Å². The minimum absolute atomic E-state index is 0.0577. The number of carbonyl (C=O) groups is 2. The first-order chi connectivity index (χ1) is 14.9. The molecule has 0 saturated carbocycles. The van der Waals surface area contributed by atoms with Gasteiger partial charge in [0.15, 0.2) is 14.4 Å². The molecule has 0 aromatic carbocycles.